The molecular formula is C17H19NO3. The van der Waals surface area contributed by atoms with E-state index < -0.39 is 0 Å². The Kier molecular flexibility index (Phi) is 2.81. The molecule has 110 valence electrons. The van der Waals surface area contributed by atoms with E-state index in [1.54, 1.807) is 0 Å². The Morgan fingerprint density at radius 1 is 1.19 bits per heavy atom. The third kappa shape index (κ3) is 2.23. The molecule has 0 bridgehead atoms. The summed E-state index contributed by atoms with van der Waals surface area (Å²) in [5.41, 5.74) is 3.73. The number of amides is 1. The normalized spacial score (nSPS) is 31.1. The van der Waals surface area contributed by atoms with Gasteiger partial charge in [-0.1, -0.05) is 18.2 Å². The van der Waals surface area contributed by atoms with Crippen molar-refractivity contribution in [3.05, 3.63) is 34.9 Å². The summed E-state index contributed by atoms with van der Waals surface area (Å²) in [5, 5.41) is 2.99. The standard InChI is InChI=1S/C17H19NO3/c19-15-4-3-11-7-12(1-2-13(11)8-15)14-5-6-17(9-14)10-21-16(20)18-17/h1-2,7,14H,3-6,8-10H2,(H,18,20)/t14?,17-/m1/s1. The molecule has 1 aromatic carbocycles. The van der Waals surface area contributed by atoms with Gasteiger partial charge in [0.25, 0.3) is 0 Å². The van der Waals surface area contributed by atoms with Gasteiger partial charge in [-0.3, -0.25) is 4.79 Å². The lowest BCUT2D eigenvalue weighted by Gasteiger charge is -2.21. The summed E-state index contributed by atoms with van der Waals surface area (Å²) >= 11 is 0. The summed E-state index contributed by atoms with van der Waals surface area (Å²) in [4.78, 5) is 22.8. The van der Waals surface area contributed by atoms with Crippen molar-refractivity contribution < 1.29 is 14.3 Å². The van der Waals surface area contributed by atoms with E-state index in [9.17, 15) is 9.59 Å². The number of hydrogen-bond donors (Lipinski definition) is 1. The van der Waals surface area contributed by atoms with Gasteiger partial charge in [-0.05, 0) is 48.3 Å². The van der Waals surface area contributed by atoms with Crippen LogP contribution in [0.5, 0.6) is 0 Å². The predicted octanol–water partition coefficient (Wildman–Crippen LogP) is 2.49. The molecule has 21 heavy (non-hydrogen) atoms. The third-order valence-corrected chi connectivity index (χ3v) is 5.22. The van der Waals surface area contributed by atoms with Crippen LogP contribution >= 0.6 is 0 Å². The summed E-state index contributed by atoms with van der Waals surface area (Å²) in [6.45, 7) is 0.502. The fourth-order valence-electron chi connectivity index (χ4n) is 4.03. The number of alkyl carbamates (subject to hydrolysis) is 1. The van der Waals surface area contributed by atoms with Gasteiger partial charge in [-0.2, -0.15) is 0 Å². The van der Waals surface area contributed by atoms with Crippen molar-refractivity contribution in [2.75, 3.05) is 6.61 Å². The van der Waals surface area contributed by atoms with Crippen molar-refractivity contribution in [2.45, 2.75) is 50.0 Å². The second-order valence-electron chi connectivity index (χ2n) is 6.66. The van der Waals surface area contributed by atoms with E-state index in [2.05, 4.69) is 23.5 Å². The number of fused-ring (bicyclic) bond motifs is 1. The second-order valence-corrected chi connectivity index (χ2v) is 6.66. The lowest BCUT2D eigenvalue weighted by molar-refractivity contribution is -0.118. The molecule has 4 heteroatoms. The number of ketones is 1. The number of benzene rings is 1. The fourth-order valence-corrected chi connectivity index (χ4v) is 4.03. The average molecular weight is 285 g/mol. The topological polar surface area (TPSA) is 55.4 Å². The Hall–Kier alpha value is -1.84. The first-order chi connectivity index (χ1) is 10.1. The highest BCUT2D eigenvalue weighted by Crippen LogP contribution is 2.43. The Balaban J connectivity index is 1.55. The number of aryl methyl sites for hydroxylation is 1. The molecule has 4 nitrogen and oxygen atoms in total. The highest BCUT2D eigenvalue weighted by molar-refractivity contribution is 5.83. The minimum Gasteiger partial charge on any atom is -0.447 e. The number of hydrogen-bond acceptors (Lipinski definition) is 3. The number of carbonyl (C=O) groups is 2. The minimum absolute atomic E-state index is 0.145. The largest absolute Gasteiger partial charge is 0.447 e. The maximum atomic E-state index is 11.5. The van der Waals surface area contributed by atoms with Crippen LogP contribution in [0.3, 0.4) is 0 Å². The van der Waals surface area contributed by atoms with E-state index in [-0.39, 0.29) is 11.6 Å². The Morgan fingerprint density at radius 3 is 2.90 bits per heavy atom. The van der Waals surface area contributed by atoms with Gasteiger partial charge in [0.05, 0.1) is 5.54 Å². The molecule has 1 aromatic rings. The maximum absolute atomic E-state index is 11.5. The highest BCUT2D eigenvalue weighted by Gasteiger charge is 2.45. The molecule has 0 radical (unpaired) electrons. The Morgan fingerprint density at radius 2 is 2.10 bits per heavy atom. The van der Waals surface area contributed by atoms with Crippen molar-refractivity contribution in [3.63, 3.8) is 0 Å². The Labute approximate surface area is 123 Å². The van der Waals surface area contributed by atoms with Gasteiger partial charge in [0.2, 0.25) is 0 Å². The van der Waals surface area contributed by atoms with Crippen LogP contribution in [-0.2, 0) is 22.4 Å². The van der Waals surface area contributed by atoms with Gasteiger partial charge in [0.15, 0.2) is 0 Å². The van der Waals surface area contributed by atoms with Crippen molar-refractivity contribution in [2.24, 2.45) is 0 Å². The van der Waals surface area contributed by atoms with E-state index >= 15 is 0 Å². The second kappa shape index (κ2) is 4.58. The van der Waals surface area contributed by atoms with E-state index in [4.69, 9.17) is 4.74 Å². The van der Waals surface area contributed by atoms with Crippen LogP contribution in [0.15, 0.2) is 18.2 Å². The summed E-state index contributed by atoms with van der Waals surface area (Å²) < 4.78 is 5.09. The zero-order valence-corrected chi connectivity index (χ0v) is 12.0. The fraction of sp³-hybridized carbons (Fsp3) is 0.529. The molecular weight excluding hydrogens is 266 g/mol. The first kappa shape index (κ1) is 12.9. The molecule has 1 heterocycles. The van der Waals surface area contributed by atoms with E-state index in [0.29, 0.717) is 31.1 Å². The molecule has 4 rings (SSSR count). The highest BCUT2D eigenvalue weighted by atomic mass is 16.6. The summed E-state index contributed by atoms with van der Waals surface area (Å²) in [6.07, 6.45) is 4.89. The van der Waals surface area contributed by atoms with Crippen LogP contribution in [0.2, 0.25) is 0 Å². The average Bonchev–Trinajstić information content (AvgIpc) is 3.05. The first-order valence-electron chi connectivity index (χ1n) is 7.72. The van der Waals surface area contributed by atoms with Crippen molar-refractivity contribution in [3.8, 4) is 0 Å². The molecule has 1 spiro atoms. The monoisotopic (exact) mass is 285 g/mol. The number of cyclic esters (lactones) is 1. The van der Waals surface area contributed by atoms with Crippen LogP contribution < -0.4 is 5.32 Å². The molecule has 0 aromatic heterocycles. The molecule has 2 aliphatic carbocycles. The van der Waals surface area contributed by atoms with E-state index in [0.717, 1.165) is 25.7 Å². The molecule has 2 fully saturated rings. The van der Waals surface area contributed by atoms with Gasteiger partial charge in [-0.25, -0.2) is 4.79 Å². The zero-order valence-electron chi connectivity index (χ0n) is 12.0. The smallest absolute Gasteiger partial charge is 0.407 e. The molecule has 3 aliphatic rings. The van der Waals surface area contributed by atoms with Gasteiger partial charge in [0.1, 0.15) is 12.4 Å². The van der Waals surface area contributed by atoms with Gasteiger partial charge < -0.3 is 10.1 Å². The number of ether oxygens (including phenoxy) is 1. The molecule has 1 saturated heterocycles. The lowest BCUT2D eigenvalue weighted by atomic mass is 9.86. The van der Waals surface area contributed by atoms with Crippen LogP contribution in [0, 0.1) is 0 Å². The quantitative estimate of drug-likeness (QED) is 0.862. The van der Waals surface area contributed by atoms with Crippen LogP contribution in [0.25, 0.3) is 0 Å². The molecule has 1 aliphatic heterocycles. The number of Topliss-reactive ketones (excluding diaryl/α,β-unsaturated/α-hetero) is 1. The summed E-state index contributed by atoms with van der Waals surface area (Å²) in [5.74, 6) is 0.829. The summed E-state index contributed by atoms with van der Waals surface area (Å²) in [7, 11) is 0. The van der Waals surface area contributed by atoms with E-state index in [1.807, 2.05) is 0 Å². The number of nitrogens with one attached hydrogen (secondary N) is 1. The lowest BCUT2D eigenvalue weighted by Crippen LogP contribution is -2.40. The molecule has 1 saturated carbocycles. The zero-order chi connectivity index (χ0) is 14.4. The van der Waals surface area contributed by atoms with E-state index in [1.165, 1.54) is 16.7 Å². The van der Waals surface area contributed by atoms with Crippen molar-refractivity contribution in [1.29, 1.82) is 0 Å². The summed E-state index contributed by atoms with van der Waals surface area (Å²) in [6, 6.07) is 6.57. The van der Waals surface area contributed by atoms with Crippen molar-refractivity contribution >= 4 is 11.9 Å². The predicted molar refractivity (Wildman–Crippen MR) is 77.3 cm³/mol. The van der Waals surface area contributed by atoms with Crippen molar-refractivity contribution in [1.82, 2.24) is 5.32 Å². The third-order valence-electron chi connectivity index (χ3n) is 5.22. The van der Waals surface area contributed by atoms with Gasteiger partial charge in [-0.15, -0.1) is 0 Å². The number of carbonyl (C=O) groups excluding carboxylic acids is 2. The first-order valence-corrected chi connectivity index (χ1v) is 7.72. The van der Waals surface area contributed by atoms with Crippen LogP contribution in [0.1, 0.15) is 48.3 Å². The SMILES string of the molecule is O=C1CCc2cc(C3CC[C@]4(COC(=O)N4)C3)ccc2C1. The van der Waals surface area contributed by atoms with Gasteiger partial charge >= 0.3 is 6.09 Å². The molecule has 1 amide bonds. The molecule has 1 N–H and O–H groups in total. The van der Waals surface area contributed by atoms with Gasteiger partial charge in [0, 0.05) is 12.8 Å². The molecule has 2 atom stereocenters. The van der Waals surface area contributed by atoms with Crippen LogP contribution in [-0.4, -0.2) is 24.0 Å². The van der Waals surface area contributed by atoms with Crippen LogP contribution in [0.4, 0.5) is 4.79 Å². The Bertz CT molecular complexity index is 624. The number of rotatable bonds is 1. The molecule has 1 unspecified atom stereocenters. The minimum atomic E-state index is -0.278. The maximum Gasteiger partial charge on any atom is 0.407 e.